The van der Waals surface area contributed by atoms with Crippen LogP contribution in [0.25, 0.3) is 11.0 Å². The van der Waals surface area contributed by atoms with E-state index >= 15 is 0 Å². The van der Waals surface area contributed by atoms with Crippen molar-refractivity contribution in [2.24, 2.45) is 23.2 Å². The van der Waals surface area contributed by atoms with Crippen LogP contribution in [0.3, 0.4) is 0 Å². The zero-order valence-electron chi connectivity index (χ0n) is 12.8. The molecule has 2 heteroatoms. The van der Waals surface area contributed by atoms with E-state index in [2.05, 4.69) is 26.0 Å². The van der Waals surface area contributed by atoms with Crippen molar-refractivity contribution in [1.29, 1.82) is 0 Å². The number of fused-ring (bicyclic) bond motifs is 3. The number of hydrogen-bond donors (Lipinski definition) is 0. The van der Waals surface area contributed by atoms with Gasteiger partial charge in [0, 0.05) is 11.5 Å². The fourth-order valence-electron chi connectivity index (χ4n) is 4.80. The van der Waals surface area contributed by atoms with Gasteiger partial charge in [0.25, 0.3) is 0 Å². The molecule has 1 aromatic heterocycles. The molecule has 0 aliphatic heterocycles. The van der Waals surface area contributed by atoms with Gasteiger partial charge in [-0.15, -0.1) is 0 Å². The molecule has 0 radical (unpaired) electrons. The minimum absolute atomic E-state index is 0.248. The van der Waals surface area contributed by atoms with Gasteiger partial charge in [0.2, 0.25) is 0 Å². The SMILES string of the molecule is CC1(C)C2CC[C@H](Cc3cccc4ccc(=O)oc34)C1C2. The molecule has 0 spiro atoms. The van der Waals surface area contributed by atoms with Gasteiger partial charge in [0.15, 0.2) is 0 Å². The third kappa shape index (κ3) is 1.96. The lowest BCUT2D eigenvalue weighted by Crippen LogP contribution is -2.52. The van der Waals surface area contributed by atoms with Crippen LogP contribution in [0, 0.1) is 23.2 Å². The molecule has 0 saturated heterocycles. The van der Waals surface area contributed by atoms with Gasteiger partial charge in [0.1, 0.15) is 5.58 Å². The zero-order valence-corrected chi connectivity index (χ0v) is 12.8. The second kappa shape index (κ2) is 4.46. The summed E-state index contributed by atoms with van der Waals surface area (Å²) in [5.74, 6) is 2.51. The second-order valence-corrected chi connectivity index (χ2v) is 7.49. The smallest absolute Gasteiger partial charge is 0.336 e. The Kier molecular flexibility index (Phi) is 2.79. The van der Waals surface area contributed by atoms with E-state index in [1.807, 2.05) is 12.1 Å². The van der Waals surface area contributed by atoms with E-state index in [9.17, 15) is 4.79 Å². The highest BCUT2D eigenvalue weighted by atomic mass is 16.4. The molecule has 0 amide bonds. The quantitative estimate of drug-likeness (QED) is 0.764. The third-order valence-corrected chi connectivity index (χ3v) is 6.21. The van der Waals surface area contributed by atoms with E-state index in [4.69, 9.17) is 4.42 Å². The Labute approximate surface area is 125 Å². The van der Waals surface area contributed by atoms with Crippen LogP contribution in [0.5, 0.6) is 0 Å². The molecule has 21 heavy (non-hydrogen) atoms. The van der Waals surface area contributed by atoms with E-state index in [-0.39, 0.29) is 5.63 Å². The van der Waals surface area contributed by atoms with Crippen LogP contribution in [-0.2, 0) is 6.42 Å². The van der Waals surface area contributed by atoms with Gasteiger partial charge < -0.3 is 4.42 Å². The molecule has 3 saturated carbocycles. The fourth-order valence-corrected chi connectivity index (χ4v) is 4.80. The Morgan fingerprint density at radius 2 is 2.05 bits per heavy atom. The van der Waals surface area contributed by atoms with E-state index in [1.54, 1.807) is 0 Å². The van der Waals surface area contributed by atoms with Gasteiger partial charge in [-0.25, -0.2) is 4.79 Å². The van der Waals surface area contributed by atoms with Gasteiger partial charge in [-0.2, -0.15) is 0 Å². The topological polar surface area (TPSA) is 30.2 Å². The van der Waals surface area contributed by atoms with Gasteiger partial charge in [-0.3, -0.25) is 0 Å². The van der Waals surface area contributed by atoms with Crippen molar-refractivity contribution in [2.75, 3.05) is 0 Å². The molecule has 3 aliphatic rings. The van der Waals surface area contributed by atoms with Crippen molar-refractivity contribution in [1.82, 2.24) is 0 Å². The van der Waals surface area contributed by atoms with Gasteiger partial charge in [-0.05, 0) is 60.5 Å². The van der Waals surface area contributed by atoms with Crippen LogP contribution < -0.4 is 5.63 Å². The highest BCUT2D eigenvalue weighted by molar-refractivity contribution is 5.79. The van der Waals surface area contributed by atoms with Crippen LogP contribution in [0.4, 0.5) is 0 Å². The molecule has 3 atom stereocenters. The lowest BCUT2D eigenvalue weighted by Gasteiger charge is -2.60. The first-order valence-electron chi connectivity index (χ1n) is 8.07. The summed E-state index contributed by atoms with van der Waals surface area (Å²) in [4.78, 5) is 11.5. The molecular weight excluding hydrogens is 260 g/mol. The molecule has 2 bridgehead atoms. The first-order valence-corrected chi connectivity index (χ1v) is 8.07. The lowest BCUT2D eigenvalue weighted by molar-refractivity contribution is -0.104. The average molecular weight is 282 g/mol. The van der Waals surface area contributed by atoms with Gasteiger partial charge >= 0.3 is 5.63 Å². The van der Waals surface area contributed by atoms with Crippen LogP contribution in [0.15, 0.2) is 39.5 Å². The Morgan fingerprint density at radius 1 is 1.19 bits per heavy atom. The summed E-state index contributed by atoms with van der Waals surface area (Å²) in [6.07, 6.45) is 5.13. The third-order valence-electron chi connectivity index (χ3n) is 6.21. The van der Waals surface area contributed by atoms with Gasteiger partial charge in [-0.1, -0.05) is 32.0 Å². The lowest BCUT2D eigenvalue weighted by atomic mass is 9.45. The van der Waals surface area contributed by atoms with Crippen molar-refractivity contribution in [3.8, 4) is 0 Å². The minimum Gasteiger partial charge on any atom is -0.422 e. The molecule has 2 nitrogen and oxygen atoms in total. The molecular formula is C19H22O2. The summed E-state index contributed by atoms with van der Waals surface area (Å²) in [6.45, 7) is 4.86. The number of hydrogen-bond acceptors (Lipinski definition) is 2. The van der Waals surface area contributed by atoms with E-state index < -0.39 is 0 Å². The summed E-state index contributed by atoms with van der Waals surface area (Å²) in [6, 6.07) is 9.60. The van der Waals surface area contributed by atoms with Crippen molar-refractivity contribution < 1.29 is 4.42 Å². The van der Waals surface area contributed by atoms with Gasteiger partial charge in [0.05, 0.1) is 0 Å². The fraction of sp³-hybridized carbons (Fsp3) is 0.526. The van der Waals surface area contributed by atoms with Crippen LogP contribution in [0.1, 0.15) is 38.7 Å². The Morgan fingerprint density at radius 3 is 2.81 bits per heavy atom. The number of para-hydroxylation sites is 1. The largest absolute Gasteiger partial charge is 0.422 e. The van der Waals surface area contributed by atoms with Crippen molar-refractivity contribution in [3.05, 3.63) is 46.3 Å². The van der Waals surface area contributed by atoms with Crippen molar-refractivity contribution in [2.45, 2.75) is 39.5 Å². The van der Waals surface area contributed by atoms with E-state index in [1.165, 1.54) is 30.9 Å². The van der Waals surface area contributed by atoms with Crippen LogP contribution in [-0.4, -0.2) is 0 Å². The Hall–Kier alpha value is -1.57. The van der Waals surface area contributed by atoms with Crippen LogP contribution >= 0.6 is 0 Å². The number of benzene rings is 1. The van der Waals surface area contributed by atoms with Crippen molar-refractivity contribution >= 4 is 11.0 Å². The Balaban J connectivity index is 1.69. The number of rotatable bonds is 2. The maximum Gasteiger partial charge on any atom is 0.336 e. The molecule has 3 aliphatic carbocycles. The molecule has 2 unspecified atom stereocenters. The first-order chi connectivity index (χ1) is 10.1. The predicted octanol–water partition coefficient (Wildman–Crippen LogP) is 4.41. The molecule has 5 rings (SSSR count). The summed E-state index contributed by atoms with van der Waals surface area (Å²) in [5, 5.41) is 1.04. The van der Waals surface area contributed by atoms with E-state index in [0.29, 0.717) is 5.41 Å². The maximum absolute atomic E-state index is 11.5. The normalized spacial score (nSPS) is 30.1. The van der Waals surface area contributed by atoms with E-state index in [0.717, 1.165) is 35.1 Å². The molecule has 2 aromatic rings. The summed E-state index contributed by atoms with van der Waals surface area (Å²) < 4.78 is 5.48. The summed E-state index contributed by atoms with van der Waals surface area (Å²) >= 11 is 0. The zero-order chi connectivity index (χ0) is 14.6. The molecule has 0 N–H and O–H groups in total. The minimum atomic E-state index is -0.248. The predicted molar refractivity (Wildman–Crippen MR) is 84.3 cm³/mol. The molecule has 1 aromatic carbocycles. The first kappa shape index (κ1) is 13.1. The molecule has 1 heterocycles. The molecule has 3 fully saturated rings. The highest BCUT2D eigenvalue weighted by Crippen LogP contribution is 2.61. The maximum atomic E-state index is 11.5. The summed E-state index contributed by atoms with van der Waals surface area (Å²) in [7, 11) is 0. The summed E-state index contributed by atoms with van der Waals surface area (Å²) in [5.41, 5.74) is 2.26. The van der Waals surface area contributed by atoms with Crippen LogP contribution in [0.2, 0.25) is 0 Å². The highest BCUT2D eigenvalue weighted by Gasteiger charge is 2.53. The monoisotopic (exact) mass is 282 g/mol. The van der Waals surface area contributed by atoms with Crippen molar-refractivity contribution in [3.63, 3.8) is 0 Å². The molecule has 110 valence electrons. The Bertz CT molecular complexity index is 739. The second-order valence-electron chi connectivity index (χ2n) is 7.49. The average Bonchev–Trinajstić information content (AvgIpc) is 2.48. The standard InChI is InChI=1S/C19H22O2/c1-19(2)15-8-6-13(16(19)11-15)10-14-5-3-4-12-7-9-17(20)21-18(12)14/h3-5,7,9,13,15-16H,6,8,10-11H2,1-2H3/t13-,15?,16?/m1/s1.